The normalized spacial score (nSPS) is 19.6. The van der Waals surface area contributed by atoms with Crippen LogP contribution in [0.15, 0.2) is 36.5 Å². The molecule has 8 heteroatoms. The van der Waals surface area contributed by atoms with Gasteiger partial charge in [-0.2, -0.15) is 0 Å². The molecule has 2 unspecified atom stereocenters. The highest BCUT2D eigenvalue weighted by molar-refractivity contribution is 5.89. The van der Waals surface area contributed by atoms with E-state index in [2.05, 4.69) is 5.32 Å². The summed E-state index contributed by atoms with van der Waals surface area (Å²) < 4.78 is 23.9. The summed E-state index contributed by atoms with van der Waals surface area (Å²) >= 11 is 0. The number of hydrogen-bond donors (Lipinski definition) is 1. The molecule has 0 aromatic heterocycles. The highest BCUT2D eigenvalue weighted by Gasteiger charge is 2.29. The highest BCUT2D eigenvalue weighted by Crippen LogP contribution is 2.22. The Kier molecular flexibility index (Phi) is 6.64. The van der Waals surface area contributed by atoms with Gasteiger partial charge >= 0.3 is 5.97 Å². The number of carbonyl (C=O) groups is 3. The van der Waals surface area contributed by atoms with E-state index in [1.54, 1.807) is 0 Å². The van der Waals surface area contributed by atoms with Crippen molar-refractivity contribution in [1.82, 2.24) is 10.2 Å². The third kappa shape index (κ3) is 5.39. The number of benzene rings is 1. The van der Waals surface area contributed by atoms with Gasteiger partial charge in [-0.1, -0.05) is 6.07 Å². The second kappa shape index (κ2) is 8.93. The Hall–Kier alpha value is -2.74. The van der Waals surface area contributed by atoms with Gasteiger partial charge < -0.3 is 14.8 Å². The molecular weight excluding hydrogens is 331 g/mol. The molecule has 2 atom stereocenters. The topological polar surface area (TPSA) is 84.9 Å². The number of nitrogens with zero attached hydrogens (tertiary/aromatic N) is 1. The largest absolute Gasteiger partial charge is 0.459 e. The predicted molar refractivity (Wildman–Crippen MR) is 85.7 cm³/mol. The van der Waals surface area contributed by atoms with E-state index in [0.717, 1.165) is 6.07 Å². The molecule has 1 heterocycles. The molecule has 2 rings (SSSR count). The third-order valence-electron chi connectivity index (χ3n) is 3.64. The quantitative estimate of drug-likeness (QED) is 0.454. The van der Waals surface area contributed by atoms with Gasteiger partial charge in [0, 0.05) is 19.3 Å². The minimum absolute atomic E-state index is 0.00228. The molecule has 1 N–H and O–H groups in total. The van der Waals surface area contributed by atoms with Crippen LogP contribution in [0.3, 0.4) is 0 Å². The number of esters is 1. The van der Waals surface area contributed by atoms with Crippen LogP contribution in [0, 0.1) is 5.82 Å². The Labute approximate surface area is 144 Å². The number of amides is 2. The van der Waals surface area contributed by atoms with Gasteiger partial charge in [-0.05, 0) is 31.0 Å². The third-order valence-corrected chi connectivity index (χ3v) is 3.64. The van der Waals surface area contributed by atoms with Crippen LogP contribution in [0.5, 0.6) is 0 Å². The maximum absolute atomic E-state index is 13.1. The van der Waals surface area contributed by atoms with E-state index in [1.807, 2.05) is 0 Å². The van der Waals surface area contributed by atoms with Crippen LogP contribution in [-0.4, -0.2) is 49.2 Å². The lowest BCUT2D eigenvalue weighted by atomic mass is 10.2. The van der Waals surface area contributed by atoms with Crippen molar-refractivity contribution in [2.75, 3.05) is 13.7 Å². The van der Waals surface area contributed by atoms with Gasteiger partial charge in [-0.25, -0.2) is 9.18 Å². The van der Waals surface area contributed by atoms with E-state index in [9.17, 15) is 18.8 Å². The number of likely N-dealkylation sites (N-methyl/N-ethyl adjacent to an activating group) is 1. The van der Waals surface area contributed by atoms with Crippen molar-refractivity contribution >= 4 is 18.3 Å². The maximum Gasteiger partial charge on any atom is 0.338 e. The van der Waals surface area contributed by atoms with Crippen molar-refractivity contribution in [3.63, 3.8) is 0 Å². The average molecular weight is 350 g/mol. The second-order valence-corrected chi connectivity index (χ2v) is 5.38. The Bertz CT molecular complexity index is 664. The minimum Gasteiger partial charge on any atom is -0.459 e. The van der Waals surface area contributed by atoms with Crippen molar-refractivity contribution in [3.05, 3.63) is 47.9 Å². The molecule has 0 bridgehead atoms. The summed E-state index contributed by atoms with van der Waals surface area (Å²) in [7, 11) is 1.48. The molecule has 7 nitrogen and oxygen atoms in total. The van der Waals surface area contributed by atoms with Crippen molar-refractivity contribution in [2.24, 2.45) is 0 Å². The Morgan fingerprint density at radius 2 is 2.24 bits per heavy atom. The molecule has 134 valence electrons. The molecule has 1 fully saturated rings. The lowest BCUT2D eigenvalue weighted by Gasteiger charge is -2.21. The summed E-state index contributed by atoms with van der Waals surface area (Å²) in [6.45, 7) is -0.00228. The monoisotopic (exact) mass is 350 g/mol. The van der Waals surface area contributed by atoms with E-state index >= 15 is 0 Å². The number of hydrogen-bond acceptors (Lipinski definition) is 5. The van der Waals surface area contributed by atoms with Crippen LogP contribution in [0.2, 0.25) is 0 Å². The lowest BCUT2D eigenvalue weighted by Crippen LogP contribution is -2.31. The van der Waals surface area contributed by atoms with Gasteiger partial charge in [0.15, 0.2) is 0 Å². The summed E-state index contributed by atoms with van der Waals surface area (Å²) in [5.41, 5.74) is 0.123. The van der Waals surface area contributed by atoms with Crippen LogP contribution >= 0.6 is 0 Å². The SMILES string of the molecule is CNC(=O)/C=C\N(C=O)C1CCC(COC(=O)c2cccc(F)c2)O1. The van der Waals surface area contributed by atoms with Gasteiger partial charge in [0.2, 0.25) is 12.3 Å². The van der Waals surface area contributed by atoms with E-state index in [-0.39, 0.29) is 24.2 Å². The van der Waals surface area contributed by atoms with Gasteiger partial charge in [0.25, 0.3) is 0 Å². The summed E-state index contributed by atoms with van der Waals surface area (Å²) in [5, 5.41) is 2.40. The molecule has 0 spiro atoms. The summed E-state index contributed by atoms with van der Waals surface area (Å²) in [6, 6.07) is 5.22. The summed E-state index contributed by atoms with van der Waals surface area (Å²) in [4.78, 5) is 35.4. The molecule has 25 heavy (non-hydrogen) atoms. The summed E-state index contributed by atoms with van der Waals surface area (Å²) in [6.07, 6.45) is 3.32. The molecule has 1 saturated heterocycles. The van der Waals surface area contributed by atoms with Crippen LogP contribution in [0.4, 0.5) is 4.39 Å². The van der Waals surface area contributed by atoms with E-state index < -0.39 is 18.0 Å². The van der Waals surface area contributed by atoms with E-state index in [4.69, 9.17) is 9.47 Å². The molecular formula is C17H19FN2O5. The number of halogens is 1. The Balaban J connectivity index is 1.83. The zero-order chi connectivity index (χ0) is 18.2. The zero-order valence-corrected chi connectivity index (χ0v) is 13.7. The molecule has 2 amide bonds. The minimum atomic E-state index is -0.640. The number of ether oxygens (including phenoxy) is 2. The fraction of sp³-hybridized carbons (Fsp3) is 0.353. The second-order valence-electron chi connectivity index (χ2n) is 5.38. The molecule has 0 radical (unpaired) electrons. The zero-order valence-electron chi connectivity index (χ0n) is 13.7. The van der Waals surface area contributed by atoms with Crippen molar-refractivity contribution < 1.29 is 28.2 Å². The fourth-order valence-electron chi connectivity index (χ4n) is 2.33. The van der Waals surface area contributed by atoms with Crippen molar-refractivity contribution in [1.29, 1.82) is 0 Å². The first-order chi connectivity index (χ1) is 12.0. The molecule has 0 aliphatic carbocycles. The molecule has 1 aromatic rings. The molecule has 1 aliphatic rings. The maximum atomic E-state index is 13.1. The molecule has 0 saturated carbocycles. The predicted octanol–water partition coefficient (Wildman–Crippen LogP) is 1.21. The van der Waals surface area contributed by atoms with Gasteiger partial charge in [0.1, 0.15) is 18.7 Å². The highest BCUT2D eigenvalue weighted by atomic mass is 19.1. The van der Waals surface area contributed by atoms with Crippen LogP contribution in [0.25, 0.3) is 0 Å². The van der Waals surface area contributed by atoms with Crippen molar-refractivity contribution in [2.45, 2.75) is 25.2 Å². The van der Waals surface area contributed by atoms with E-state index in [0.29, 0.717) is 19.3 Å². The number of rotatable bonds is 7. The van der Waals surface area contributed by atoms with Crippen LogP contribution < -0.4 is 5.32 Å². The molecule has 1 aromatic carbocycles. The van der Waals surface area contributed by atoms with Gasteiger partial charge in [-0.3, -0.25) is 14.5 Å². The first kappa shape index (κ1) is 18.6. The smallest absolute Gasteiger partial charge is 0.338 e. The Morgan fingerprint density at radius 1 is 1.44 bits per heavy atom. The van der Waals surface area contributed by atoms with Gasteiger partial charge in [0.05, 0.1) is 11.7 Å². The lowest BCUT2D eigenvalue weighted by molar-refractivity contribution is -0.127. The number of carbonyl (C=O) groups excluding carboxylic acids is 3. The average Bonchev–Trinajstić information content (AvgIpc) is 3.08. The first-order valence-electron chi connectivity index (χ1n) is 7.74. The Morgan fingerprint density at radius 3 is 2.92 bits per heavy atom. The van der Waals surface area contributed by atoms with Gasteiger partial charge in [-0.15, -0.1) is 0 Å². The fourth-order valence-corrected chi connectivity index (χ4v) is 2.33. The van der Waals surface area contributed by atoms with Crippen LogP contribution in [0.1, 0.15) is 23.2 Å². The van der Waals surface area contributed by atoms with Crippen LogP contribution in [-0.2, 0) is 19.1 Å². The van der Waals surface area contributed by atoms with E-state index in [1.165, 1.54) is 42.4 Å². The number of nitrogens with one attached hydrogen (secondary N) is 1. The molecule has 1 aliphatic heterocycles. The first-order valence-corrected chi connectivity index (χ1v) is 7.74. The van der Waals surface area contributed by atoms with Crippen molar-refractivity contribution in [3.8, 4) is 0 Å². The standard InChI is InChI=1S/C17H19FN2O5/c1-19-15(22)7-8-20(11-21)16-6-5-14(25-16)10-24-17(23)12-3-2-4-13(18)9-12/h2-4,7-9,11,14,16H,5-6,10H2,1H3,(H,19,22)/b8-7-. The summed E-state index contributed by atoms with van der Waals surface area (Å²) in [5.74, 6) is -1.50.